The molecular formula is C13H17BrN2O2S3. The van der Waals surface area contributed by atoms with Crippen LogP contribution >= 0.6 is 38.6 Å². The summed E-state index contributed by atoms with van der Waals surface area (Å²) in [5, 5.41) is 5.03. The van der Waals surface area contributed by atoms with Gasteiger partial charge in [-0.2, -0.15) is 4.31 Å². The molecule has 0 fully saturated rings. The maximum atomic E-state index is 12.5. The van der Waals surface area contributed by atoms with Crippen LogP contribution in [0.25, 0.3) is 0 Å². The third-order valence-corrected chi connectivity index (χ3v) is 7.92. The minimum Gasteiger partial charge on any atom is -0.319 e. The molecule has 4 nitrogen and oxygen atoms in total. The fraction of sp³-hybridized carbons (Fsp3) is 0.385. The van der Waals surface area contributed by atoms with Gasteiger partial charge in [0.05, 0.1) is 3.79 Å². The first-order valence-corrected chi connectivity index (χ1v) is 10.3. The Labute approximate surface area is 142 Å². The van der Waals surface area contributed by atoms with E-state index < -0.39 is 10.0 Å². The van der Waals surface area contributed by atoms with Gasteiger partial charge in [0.2, 0.25) is 0 Å². The average molecular weight is 409 g/mol. The average Bonchev–Trinajstić information content (AvgIpc) is 3.06. The van der Waals surface area contributed by atoms with Gasteiger partial charge in [-0.15, -0.1) is 22.7 Å². The summed E-state index contributed by atoms with van der Waals surface area (Å²) < 4.78 is 27.9. The molecule has 0 amide bonds. The van der Waals surface area contributed by atoms with E-state index in [4.69, 9.17) is 0 Å². The number of rotatable bonds is 7. The molecule has 0 radical (unpaired) electrons. The number of halogens is 1. The molecule has 0 atom stereocenters. The van der Waals surface area contributed by atoms with Crippen molar-refractivity contribution in [3.05, 3.63) is 37.8 Å². The Balaban J connectivity index is 2.11. The van der Waals surface area contributed by atoms with Gasteiger partial charge in [0.1, 0.15) is 4.21 Å². The quantitative estimate of drug-likeness (QED) is 0.765. The predicted molar refractivity (Wildman–Crippen MR) is 92.6 cm³/mol. The van der Waals surface area contributed by atoms with E-state index in [1.807, 2.05) is 24.6 Å². The molecule has 2 heterocycles. The second-order valence-electron chi connectivity index (χ2n) is 4.59. The highest BCUT2D eigenvalue weighted by Crippen LogP contribution is 2.27. The highest BCUT2D eigenvalue weighted by molar-refractivity contribution is 9.11. The molecule has 0 unspecified atom stereocenters. The first-order valence-electron chi connectivity index (χ1n) is 6.36. The van der Waals surface area contributed by atoms with Crippen LogP contribution in [0.2, 0.25) is 0 Å². The molecule has 0 aliphatic rings. The van der Waals surface area contributed by atoms with Crippen LogP contribution in [0.3, 0.4) is 0 Å². The van der Waals surface area contributed by atoms with Gasteiger partial charge in [0.25, 0.3) is 10.0 Å². The largest absolute Gasteiger partial charge is 0.319 e. The third-order valence-electron chi connectivity index (χ3n) is 2.95. The van der Waals surface area contributed by atoms with Crippen molar-refractivity contribution in [2.75, 3.05) is 20.6 Å². The van der Waals surface area contributed by atoms with E-state index in [0.29, 0.717) is 10.8 Å². The van der Waals surface area contributed by atoms with Crippen molar-refractivity contribution in [1.29, 1.82) is 0 Å². The maximum Gasteiger partial charge on any atom is 0.252 e. The van der Waals surface area contributed by atoms with Gasteiger partial charge >= 0.3 is 0 Å². The summed E-state index contributed by atoms with van der Waals surface area (Å²) in [6.45, 7) is 1.23. The van der Waals surface area contributed by atoms with Crippen molar-refractivity contribution in [2.24, 2.45) is 0 Å². The van der Waals surface area contributed by atoms with Crippen LogP contribution in [0.15, 0.2) is 31.6 Å². The number of hydrogen-bond donors (Lipinski definition) is 1. The smallest absolute Gasteiger partial charge is 0.252 e. The minimum absolute atomic E-state index is 0.383. The maximum absolute atomic E-state index is 12.5. The van der Waals surface area contributed by atoms with Crippen molar-refractivity contribution >= 4 is 48.6 Å². The summed E-state index contributed by atoms with van der Waals surface area (Å²) in [6.07, 6.45) is 0.845. The predicted octanol–water partition coefficient (Wildman–Crippen LogP) is 3.15. The van der Waals surface area contributed by atoms with E-state index in [1.165, 1.54) is 15.6 Å². The Morgan fingerprint density at radius 1 is 1.38 bits per heavy atom. The van der Waals surface area contributed by atoms with Gasteiger partial charge in [-0.3, -0.25) is 0 Å². The van der Waals surface area contributed by atoms with Gasteiger partial charge in [0, 0.05) is 18.5 Å². The van der Waals surface area contributed by atoms with Gasteiger partial charge in [-0.25, -0.2) is 8.42 Å². The molecule has 0 spiro atoms. The second-order valence-corrected chi connectivity index (χ2v) is 10.3. The van der Waals surface area contributed by atoms with Gasteiger partial charge < -0.3 is 5.32 Å². The molecule has 0 aromatic carbocycles. The highest BCUT2D eigenvalue weighted by Gasteiger charge is 2.23. The molecule has 0 saturated heterocycles. The lowest BCUT2D eigenvalue weighted by Gasteiger charge is -2.15. The Kier molecular flexibility index (Phi) is 5.98. The van der Waals surface area contributed by atoms with Crippen LogP contribution < -0.4 is 5.32 Å². The normalized spacial score (nSPS) is 12.2. The summed E-state index contributed by atoms with van der Waals surface area (Å²) >= 11 is 6.30. The van der Waals surface area contributed by atoms with Crippen molar-refractivity contribution < 1.29 is 8.42 Å². The minimum atomic E-state index is -3.41. The molecule has 0 bridgehead atoms. The van der Waals surface area contributed by atoms with Gasteiger partial charge in [-0.1, -0.05) is 0 Å². The third kappa shape index (κ3) is 4.37. The van der Waals surface area contributed by atoms with Crippen LogP contribution in [0.4, 0.5) is 0 Å². The standard InChI is InChI=1S/C13H17BrN2O2S3/c1-15-6-5-11-3-4-13(20-11)21(17,18)16(2)8-10-7-12(14)19-9-10/h3-4,7,9,15H,5-6,8H2,1-2H3. The lowest BCUT2D eigenvalue weighted by Crippen LogP contribution is -2.25. The van der Waals surface area contributed by atoms with E-state index in [-0.39, 0.29) is 0 Å². The van der Waals surface area contributed by atoms with E-state index in [9.17, 15) is 8.42 Å². The van der Waals surface area contributed by atoms with E-state index in [0.717, 1.165) is 27.2 Å². The monoisotopic (exact) mass is 408 g/mol. The molecule has 116 valence electrons. The number of hydrogen-bond acceptors (Lipinski definition) is 5. The lowest BCUT2D eigenvalue weighted by atomic mass is 10.3. The summed E-state index contributed by atoms with van der Waals surface area (Å²) in [6, 6.07) is 5.54. The van der Waals surface area contributed by atoms with Gasteiger partial charge in [-0.05, 0) is 65.1 Å². The molecule has 0 aliphatic heterocycles. The van der Waals surface area contributed by atoms with E-state index in [1.54, 1.807) is 24.5 Å². The van der Waals surface area contributed by atoms with Crippen LogP contribution in [0.5, 0.6) is 0 Å². The molecule has 2 rings (SSSR count). The Morgan fingerprint density at radius 3 is 2.76 bits per heavy atom. The van der Waals surface area contributed by atoms with E-state index >= 15 is 0 Å². The summed E-state index contributed by atoms with van der Waals surface area (Å²) in [5.41, 5.74) is 0.991. The number of nitrogens with one attached hydrogen (secondary N) is 1. The molecule has 2 aromatic rings. The molecule has 2 aromatic heterocycles. The zero-order valence-electron chi connectivity index (χ0n) is 11.8. The number of sulfonamides is 1. The first-order chi connectivity index (χ1) is 9.93. The Morgan fingerprint density at radius 2 is 2.14 bits per heavy atom. The van der Waals surface area contributed by atoms with Crippen molar-refractivity contribution in [3.63, 3.8) is 0 Å². The SMILES string of the molecule is CNCCc1ccc(S(=O)(=O)N(C)Cc2csc(Br)c2)s1. The van der Waals surface area contributed by atoms with Crippen LogP contribution in [-0.2, 0) is 23.0 Å². The summed E-state index contributed by atoms with van der Waals surface area (Å²) in [5.74, 6) is 0. The first kappa shape index (κ1) is 17.1. The van der Waals surface area contributed by atoms with Crippen LogP contribution in [0, 0.1) is 0 Å². The van der Waals surface area contributed by atoms with Crippen LogP contribution in [-0.4, -0.2) is 33.4 Å². The Hall–Kier alpha value is -0.250. The van der Waals surface area contributed by atoms with Crippen LogP contribution in [0.1, 0.15) is 10.4 Å². The zero-order chi connectivity index (χ0) is 15.5. The number of thiophene rings is 2. The molecule has 0 saturated carbocycles. The van der Waals surface area contributed by atoms with Gasteiger partial charge in [0.15, 0.2) is 0 Å². The summed E-state index contributed by atoms with van der Waals surface area (Å²) in [7, 11) is 0.0945. The number of likely N-dealkylation sites (N-methyl/N-ethyl adjacent to an activating group) is 1. The topological polar surface area (TPSA) is 49.4 Å². The lowest BCUT2D eigenvalue weighted by molar-refractivity contribution is 0.469. The highest BCUT2D eigenvalue weighted by atomic mass is 79.9. The van der Waals surface area contributed by atoms with Crippen molar-refractivity contribution in [2.45, 2.75) is 17.2 Å². The molecule has 0 aliphatic carbocycles. The van der Waals surface area contributed by atoms with E-state index in [2.05, 4.69) is 21.2 Å². The van der Waals surface area contributed by atoms with Crippen molar-refractivity contribution in [3.8, 4) is 0 Å². The fourth-order valence-corrected chi connectivity index (χ4v) is 5.73. The Bertz CT molecular complexity index is 694. The molecule has 21 heavy (non-hydrogen) atoms. The molecular weight excluding hydrogens is 392 g/mol. The molecule has 8 heteroatoms. The summed E-state index contributed by atoms with van der Waals surface area (Å²) in [4.78, 5) is 1.08. The number of nitrogens with zero attached hydrogens (tertiary/aromatic N) is 1. The fourth-order valence-electron chi connectivity index (χ4n) is 1.80. The zero-order valence-corrected chi connectivity index (χ0v) is 15.8. The second kappa shape index (κ2) is 7.34. The van der Waals surface area contributed by atoms with Crippen molar-refractivity contribution in [1.82, 2.24) is 9.62 Å². The molecule has 1 N–H and O–H groups in total.